The maximum absolute atomic E-state index is 10.2. The van der Waals surface area contributed by atoms with Crippen molar-refractivity contribution in [3.8, 4) is 0 Å². The molecule has 0 fully saturated rings. The number of hydrogen-bond donors (Lipinski definition) is 1. The molecule has 0 saturated carbocycles. The molecule has 2 nitrogen and oxygen atoms in total. The largest absolute Gasteiger partial charge is 0.392 e. The van der Waals surface area contributed by atoms with Gasteiger partial charge in [-0.15, -0.1) is 0 Å². The molecule has 0 aliphatic rings. The molecule has 2 aromatic rings. The molecule has 0 aliphatic carbocycles. The molecule has 1 N–H and O–H groups in total. The van der Waals surface area contributed by atoms with Gasteiger partial charge in [0.25, 0.3) is 0 Å². The van der Waals surface area contributed by atoms with Crippen molar-refractivity contribution in [2.24, 2.45) is 0 Å². The predicted octanol–water partition coefficient (Wildman–Crippen LogP) is 3.41. The van der Waals surface area contributed by atoms with Gasteiger partial charge in [-0.2, -0.15) is 0 Å². The Hall–Kier alpha value is -1.67. The zero-order valence-corrected chi connectivity index (χ0v) is 12.6. The first-order valence-electron chi connectivity index (χ1n) is 7.26. The van der Waals surface area contributed by atoms with Gasteiger partial charge in [0, 0.05) is 18.3 Å². The highest BCUT2D eigenvalue weighted by Gasteiger charge is 2.08. The van der Waals surface area contributed by atoms with Crippen LogP contribution in [0.2, 0.25) is 0 Å². The molecule has 0 spiro atoms. The van der Waals surface area contributed by atoms with Gasteiger partial charge >= 0.3 is 0 Å². The fourth-order valence-electron chi connectivity index (χ4n) is 2.30. The molecule has 1 atom stereocenters. The van der Waals surface area contributed by atoms with Crippen LogP contribution in [-0.2, 0) is 19.3 Å². The number of aliphatic hydroxyl groups is 1. The third-order valence-electron chi connectivity index (χ3n) is 3.78. The van der Waals surface area contributed by atoms with E-state index in [2.05, 4.69) is 50.0 Å². The Morgan fingerprint density at radius 3 is 2.35 bits per heavy atom. The van der Waals surface area contributed by atoms with E-state index in [1.165, 1.54) is 22.3 Å². The Balaban J connectivity index is 1.97. The lowest BCUT2D eigenvalue weighted by Crippen LogP contribution is -2.15. The summed E-state index contributed by atoms with van der Waals surface area (Å²) in [5.41, 5.74) is 5.95. The molecule has 0 amide bonds. The summed E-state index contributed by atoms with van der Waals surface area (Å²) in [6.07, 6.45) is 3.81. The van der Waals surface area contributed by atoms with Crippen LogP contribution in [0.25, 0.3) is 0 Å². The Kier molecular flexibility index (Phi) is 4.91. The minimum absolute atomic E-state index is 0.378. The van der Waals surface area contributed by atoms with E-state index >= 15 is 0 Å². The molecule has 0 aliphatic heterocycles. The maximum atomic E-state index is 10.2. The van der Waals surface area contributed by atoms with Crippen molar-refractivity contribution in [1.29, 1.82) is 0 Å². The monoisotopic (exact) mass is 269 g/mol. The minimum Gasteiger partial charge on any atom is -0.392 e. The van der Waals surface area contributed by atoms with Gasteiger partial charge in [0.05, 0.1) is 6.10 Å². The number of benzene rings is 1. The average molecular weight is 269 g/mol. The Morgan fingerprint density at radius 1 is 1.00 bits per heavy atom. The number of hydrogen-bond acceptors (Lipinski definition) is 2. The smallest absolute Gasteiger partial charge is 0.0635 e. The number of nitrogens with zero attached hydrogens (tertiary/aromatic N) is 1. The van der Waals surface area contributed by atoms with Crippen LogP contribution in [0.1, 0.15) is 34.9 Å². The Bertz CT molecular complexity index is 560. The standard InChI is InChI=1S/C18H23NO/c1-4-15-7-8-17(19-12-15)11-18(20)10-16-6-5-13(2)14(3)9-16/h5-9,12,18,20H,4,10-11H2,1-3H3. The first-order chi connectivity index (χ1) is 9.58. The van der Waals surface area contributed by atoms with E-state index in [0.29, 0.717) is 12.8 Å². The molecule has 2 rings (SSSR count). The second-order valence-electron chi connectivity index (χ2n) is 5.49. The van der Waals surface area contributed by atoms with Gasteiger partial charge in [0.1, 0.15) is 0 Å². The van der Waals surface area contributed by atoms with E-state index in [1.807, 2.05) is 12.3 Å². The van der Waals surface area contributed by atoms with Crippen molar-refractivity contribution in [1.82, 2.24) is 4.98 Å². The van der Waals surface area contributed by atoms with Crippen LogP contribution < -0.4 is 0 Å². The molecule has 1 aromatic carbocycles. The lowest BCUT2D eigenvalue weighted by atomic mass is 10.00. The van der Waals surface area contributed by atoms with Gasteiger partial charge < -0.3 is 5.11 Å². The number of aromatic nitrogens is 1. The van der Waals surface area contributed by atoms with E-state index in [0.717, 1.165) is 12.1 Å². The van der Waals surface area contributed by atoms with Crippen molar-refractivity contribution < 1.29 is 5.11 Å². The fraction of sp³-hybridized carbons (Fsp3) is 0.389. The summed E-state index contributed by atoms with van der Waals surface area (Å²) in [5, 5.41) is 10.2. The number of pyridine rings is 1. The number of rotatable bonds is 5. The number of aryl methyl sites for hydroxylation is 3. The zero-order chi connectivity index (χ0) is 14.5. The molecular formula is C18H23NO. The highest BCUT2D eigenvalue weighted by Crippen LogP contribution is 2.13. The molecule has 2 heteroatoms. The molecule has 0 radical (unpaired) electrons. The third-order valence-corrected chi connectivity index (χ3v) is 3.78. The molecule has 1 heterocycles. The van der Waals surface area contributed by atoms with Gasteiger partial charge in [-0.05, 0) is 55.0 Å². The van der Waals surface area contributed by atoms with Crippen LogP contribution in [0.5, 0.6) is 0 Å². The summed E-state index contributed by atoms with van der Waals surface area (Å²) in [6.45, 7) is 6.33. The quantitative estimate of drug-likeness (QED) is 0.902. The third kappa shape index (κ3) is 3.91. The van der Waals surface area contributed by atoms with E-state index in [9.17, 15) is 5.11 Å². The number of aliphatic hydroxyl groups excluding tert-OH is 1. The molecular weight excluding hydrogens is 246 g/mol. The summed E-state index contributed by atoms with van der Waals surface area (Å²) in [5.74, 6) is 0. The van der Waals surface area contributed by atoms with E-state index in [1.54, 1.807) is 0 Å². The second kappa shape index (κ2) is 6.67. The molecule has 1 aromatic heterocycles. The van der Waals surface area contributed by atoms with Gasteiger partial charge in [0.2, 0.25) is 0 Å². The van der Waals surface area contributed by atoms with Crippen molar-refractivity contribution in [3.63, 3.8) is 0 Å². The first-order valence-corrected chi connectivity index (χ1v) is 7.26. The van der Waals surface area contributed by atoms with Crippen LogP contribution in [0.3, 0.4) is 0 Å². The summed E-state index contributed by atoms with van der Waals surface area (Å²) >= 11 is 0. The Labute approximate surface area is 121 Å². The summed E-state index contributed by atoms with van der Waals surface area (Å²) in [7, 11) is 0. The van der Waals surface area contributed by atoms with Crippen LogP contribution >= 0.6 is 0 Å². The van der Waals surface area contributed by atoms with Crippen LogP contribution in [-0.4, -0.2) is 16.2 Å². The lowest BCUT2D eigenvalue weighted by molar-refractivity contribution is 0.174. The maximum Gasteiger partial charge on any atom is 0.0635 e. The summed E-state index contributed by atoms with van der Waals surface area (Å²) < 4.78 is 0. The topological polar surface area (TPSA) is 33.1 Å². The van der Waals surface area contributed by atoms with E-state index in [-0.39, 0.29) is 6.10 Å². The molecule has 1 unspecified atom stereocenters. The van der Waals surface area contributed by atoms with Gasteiger partial charge in [-0.3, -0.25) is 4.98 Å². The predicted molar refractivity (Wildman–Crippen MR) is 82.9 cm³/mol. The zero-order valence-electron chi connectivity index (χ0n) is 12.6. The normalized spacial score (nSPS) is 12.4. The molecule has 0 bridgehead atoms. The van der Waals surface area contributed by atoms with Crippen LogP contribution in [0.15, 0.2) is 36.5 Å². The summed E-state index contributed by atoms with van der Waals surface area (Å²) in [4.78, 5) is 4.40. The minimum atomic E-state index is -0.378. The van der Waals surface area contributed by atoms with Crippen LogP contribution in [0.4, 0.5) is 0 Å². The summed E-state index contributed by atoms with van der Waals surface area (Å²) in [6, 6.07) is 10.5. The van der Waals surface area contributed by atoms with Gasteiger partial charge in [-0.25, -0.2) is 0 Å². The van der Waals surface area contributed by atoms with Crippen molar-refractivity contribution in [3.05, 3.63) is 64.5 Å². The van der Waals surface area contributed by atoms with Crippen molar-refractivity contribution in [2.45, 2.75) is 46.1 Å². The first kappa shape index (κ1) is 14.7. The van der Waals surface area contributed by atoms with Crippen molar-refractivity contribution in [2.75, 3.05) is 0 Å². The van der Waals surface area contributed by atoms with Crippen LogP contribution in [0, 0.1) is 13.8 Å². The second-order valence-corrected chi connectivity index (χ2v) is 5.49. The van der Waals surface area contributed by atoms with E-state index < -0.39 is 0 Å². The fourth-order valence-corrected chi connectivity index (χ4v) is 2.30. The van der Waals surface area contributed by atoms with Gasteiger partial charge in [0.15, 0.2) is 0 Å². The molecule has 106 valence electrons. The van der Waals surface area contributed by atoms with Gasteiger partial charge in [-0.1, -0.05) is 31.2 Å². The Morgan fingerprint density at radius 2 is 1.75 bits per heavy atom. The van der Waals surface area contributed by atoms with E-state index in [4.69, 9.17) is 0 Å². The molecule has 20 heavy (non-hydrogen) atoms. The SMILES string of the molecule is CCc1ccc(CC(O)Cc2ccc(C)c(C)c2)nc1. The highest BCUT2D eigenvalue weighted by molar-refractivity contribution is 5.30. The molecule has 0 saturated heterocycles. The lowest BCUT2D eigenvalue weighted by Gasteiger charge is -2.12. The highest BCUT2D eigenvalue weighted by atomic mass is 16.3. The van der Waals surface area contributed by atoms with Crippen molar-refractivity contribution >= 4 is 0 Å². The average Bonchev–Trinajstić information content (AvgIpc) is 2.44.